The third-order valence-corrected chi connectivity index (χ3v) is 20.4. The number of para-hydroxylation sites is 8. The molecular weight excluding hydrogens is 1150 g/mol. The van der Waals surface area contributed by atoms with Crippen molar-refractivity contribution >= 4 is 126 Å². The lowest BCUT2D eigenvalue weighted by molar-refractivity contribution is 0.487. The van der Waals surface area contributed by atoms with E-state index in [0.717, 1.165) is 102 Å². The van der Waals surface area contributed by atoms with Crippen molar-refractivity contribution in [2.75, 3.05) is 19.6 Å². The molecule has 0 N–H and O–H groups in total. The van der Waals surface area contributed by atoms with Crippen molar-refractivity contribution in [3.8, 4) is 33.8 Å². The van der Waals surface area contributed by atoms with Crippen molar-refractivity contribution in [3.05, 3.63) is 314 Å². The van der Waals surface area contributed by atoms with Gasteiger partial charge in [0.1, 0.15) is 11.5 Å². The van der Waals surface area contributed by atoms with Crippen LogP contribution < -0.4 is 57.1 Å². The molecule has 0 bridgehead atoms. The van der Waals surface area contributed by atoms with Gasteiger partial charge in [-0.3, -0.25) is 0 Å². The molecule has 0 saturated carbocycles. The Morgan fingerprint density at radius 3 is 1.43 bits per heavy atom. The van der Waals surface area contributed by atoms with Crippen LogP contribution in [-0.4, -0.2) is 13.4 Å². The molecule has 4 aliphatic heterocycles. The summed E-state index contributed by atoms with van der Waals surface area (Å²) in [6.07, 6.45) is 0. The molecule has 0 aliphatic carbocycles. The smallest absolute Gasteiger partial charge is 0.256 e. The van der Waals surface area contributed by atoms with Crippen LogP contribution in [0, 0.1) is 0 Å². The Balaban J connectivity index is 0.982. The molecule has 0 saturated heterocycles. The number of hydrogen-bond donors (Lipinski definition) is 0. The lowest BCUT2D eigenvalue weighted by atomic mass is 9.31. The zero-order valence-corrected chi connectivity index (χ0v) is 53.5. The van der Waals surface area contributed by atoms with E-state index in [1.54, 1.807) is 0 Å². The fourth-order valence-electron chi connectivity index (χ4n) is 14.9. The van der Waals surface area contributed by atoms with E-state index in [2.05, 4.69) is 358 Å². The van der Waals surface area contributed by atoms with Crippen molar-refractivity contribution in [1.82, 2.24) is 0 Å². The van der Waals surface area contributed by atoms with E-state index in [1.165, 1.54) is 54.1 Å². The third-order valence-electron chi connectivity index (χ3n) is 19.2. The second kappa shape index (κ2) is 22.6. The average Bonchev–Trinajstić information content (AvgIpc) is 0.696. The van der Waals surface area contributed by atoms with Gasteiger partial charge in [0.25, 0.3) is 6.71 Å². The van der Waals surface area contributed by atoms with Gasteiger partial charge in [-0.05, 0) is 158 Å². The summed E-state index contributed by atoms with van der Waals surface area (Å²) < 4.78 is 7.45. The molecule has 13 aromatic rings. The monoisotopic (exact) mass is 1210 g/mol. The first-order chi connectivity index (χ1) is 45.6. The van der Waals surface area contributed by atoms with Gasteiger partial charge in [-0.25, -0.2) is 0 Å². The number of nitrogens with zero attached hydrogens (tertiary/aromatic N) is 4. The Labute approximate surface area is 551 Å². The van der Waals surface area contributed by atoms with Crippen LogP contribution in [0.2, 0.25) is 0 Å². The Bertz CT molecular complexity index is 4930. The molecule has 13 aromatic carbocycles. The molecule has 0 unspecified atom stereocenters. The highest BCUT2D eigenvalue weighted by Crippen LogP contribution is 2.53. The van der Waals surface area contributed by atoms with Gasteiger partial charge in [0.2, 0.25) is 6.71 Å². The summed E-state index contributed by atoms with van der Waals surface area (Å²) in [6.45, 7) is 11.1. The van der Waals surface area contributed by atoms with Gasteiger partial charge in [0.15, 0.2) is 0 Å². The second-order valence-corrected chi connectivity index (χ2v) is 27.3. The molecular formula is C85H66B2N4OS. The first kappa shape index (κ1) is 56.3. The minimum atomic E-state index is -0.197. The molecule has 444 valence electrons. The minimum Gasteiger partial charge on any atom is -0.458 e. The van der Waals surface area contributed by atoms with E-state index in [4.69, 9.17) is 4.74 Å². The predicted octanol–water partition coefficient (Wildman–Crippen LogP) is 19.6. The lowest BCUT2D eigenvalue weighted by Crippen LogP contribution is -2.63. The van der Waals surface area contributed by atoms with Crippen molar-refractivity contribution in [1.29, 1.82) is 0 Å². The lowest BCUT2D eigenvalue weighted by Gasteiger charge is -2.44. The van der Waals surface area contributed by atoms with Crippen LogP contribution >= 0.6 is 11.8 Å². The Morgan fingerprint density at radius 2 is 0.860 bits per heavy atom. The van der Waals surface area contributed by atoms with Gasteiger partial charge in [-0.2, -0.15) is 0 Å². The molecule has 4 heterocycles. The largest absolute Gasteiger partial charge is 0.458 e. The van der Waals surface area contributed by atoms with Crippen LogP contribution in [0.5, 0.6) is 11.5 Å². The number of benzene rings is 13. The zero-order valence-electron chi connectivity index (χ0n) is 52.7. The summed E-state index contributed by atoms with van der Waals surface area (Å²) in [5, 5.41) is 0. The summed E-state index contributed by atoms with van der Waals surface area (Å²) in [7, 11) is 0. The topological polar surface area (TPSA) is 22.2 Å². The molecule has 93 heavy (non-hydrogen) atoms. The van der Waals surface area contributed by atoms with Gasteiger partial charge in [-0.1, -0.05) is 252 Å². The fourth-order valence-corrected chi connectivity index (χ4v) is 16.1. The van der Waals surface area contributed by atoms with Crippen LogP contribution in [0.4, 0.5) is 68.2 Å². The van der Waals surface area contributed by atoms with Crippen molar-refractivity contribution in [3.63, 3.8) is 0 Å². The maximum absolute atomic E-state index is 7.45. The summed E-state index contributed by atoms with van der Waals surface area (Å²) in [5.74, 6) is 2.08. The van der Waals surface area contributed by atoms with Crippen LogP contribution in [0.1, 0.15) is 51.7 Å². The summed E-state index contributed by atoms with van der Waals surface area (Å²) in [5.41, 5.74) is 27.7. The summed E-state index contributed by atoms with van der Waals surface area (Å²) in [4.78, 5) is 12.4. The summed E-state index contributed by atoms with van der Waals surface area (Å²) >= 11 is 1.91. The predicted molar refractivity (Wildman–Crippen MR) is 395 cm³/mol. The Morgan fingerprint density at radius 1 is 0.366 bits per heavy atom. The molecule has 17 rings (SSSR count). The SMILES string of the molecule is CC(C)c1ccc(-c2cccc(-c3ccc(C(C)(C)C)cc3)c2N2c3cc4c(cc3B3c5ccccc5Oc5cc(N(c6ccccc6)c6ccccc6)cc2c53)B2c3ccccc3N(c3ccccc3)c3cc(N(c5ccccc5)c5ccccc5)cc(c32)S4)cc1. The first-order valence-electron chi connectivity index (χ1n) is 32.5. The molecule has 4 aliphatic rings. The van der Waals surface area contributed by atoms with Gasteiger partial charge in [0, 0.05) is 83.9 Å². The van der Waals surface area contributed by atoms with Crippen LogP contribution in [0.15, 0.2) is 313 Å². The number of ether oxygens (including phenoxy) is 1. The van der Waals surface area contributed by atoms with Gasteiger partial charge >= 0.3 is 0 Å². The standard InChI is InChI=1S/C85H66B2N4OS/c1-56(2)57-42-44-58(45-43-57)68-36-25-37-69(59-46-48-60(49-47-59)85(3,4)5)84(68)91-75-55-80-73(54-72(75)87-71-39-22-24-41-78(71)92-79-52-66(50-76(91)82(79)87)88(61-26-11-6-12-27-61)62-28-13-7-14-29-62)86-70-38-21-23-40-74(70)90(65-34-19-10-20-35-65)77-51-67(53-81(93-80)83(77)86)89(63-30-15-8-16-31-63)64-32-17-9-18-33-64/h6-56H,1-5H3. The fraction of sp³-hybridized carbons (Fsp3) is 0.0824. The maximum atomic E-state index is 7.45. The number of hydrogen-bond acceptors (Lipinski definition) is 6. The highest BCUT2D eigenvalue weighted by molar-refractivity contribution is 8.00. The molecule has 0 radical (unpaired) electrons. The van der Waals surface area contributed by atoms with Crippen LogP contribution in [0.3, 0.4) is 0 Å². The van der Waals surface area contributed by atoms with Gasteiger partial charge < -0.3 is 24.3 Å². The first-order valence-corrected chi connectivity index (χ1v) is 33.3. The number of fused-ring (bicyclic) bond motifs is 8. The zero-order chi connectivity index (χ0) is 62.5. The van der Waals surface area contributed by atoms with E-state index >= 15 is 0 Å². The quantitative estimate of drug-likeness (QED) is 0.120. The highest BCUT2D eigenvalue weighted by Gasteiger charge is 2.47. The van der Waals surface area contributed by atoms with Gasteiger partial charge in [-0.15, -0.1) is 0 Å². The number of anilines is 12. The van der Waals surface area contributed by atoms with Crippen LogP contribution in [0.25, 0.3) is 22.3 Å². The third kappa shape index (κ3) is 9.57. The van der Waals surface area contributed by atoms with Gasteiger partial charge in [0.05, 0.1) is 11.4 Å². The maximum Gasteiger partial charge on any atom is 0.256 e. The van der Waals surface area contributed by atoms with Crippen molar-refractivity contribution < 1.29 is 4.74 Å². The van der Waals surface area contributed by atoms with E-state index in [1.807, 2.05) is 11.8 Å². The van der Waals surface area contributed by atoms with E-state index in [9.17, 15) is 0 Å². The minimum absolute atomic E-state index is 0.0294. The Hall–Kier alpha value is -10.7. The molecule has 0 fully saturated rings. The van der Waals surface area contributed by atoms with Crippen molar-refractivity contribution in [2.45, 2.75) is 55.7 Å². The highest BCUT2D eigenvalue weighted by atomic mass is 32.2. The average molecular weight is 1210 g/mol. The molecule has 8 heteroatoms. The molecule has 0 spiro atoms. The second-order valence-electron chi connectivity index (χ2n) is 26.2. The Kier molecular flexibility index (Phi) is 13.7. The van der Waals surface area contributed by atoms with E-state index in [0.29, 0.717) is 5.92 Å². The molecule has 0 atom stereocenters. The van der Waals surface area contributed by atoms with Crippen LogP contribution in [-0.2, 0) is 5.41 Å². The molecule has 5 nitrogen and oxygen atoms in total. The van der Waals surface area contributed by atoms with Crippen molar-refractivity contribution in [2.24, 2.45) is 0 Å². The normalized spacial score (nSPS) is 13.1. The van der Waals surface area contributed by atoms with E-state index < -0.39 is 0 Å². The molecule has 0 aromatic heterocycles. The summed E-state index contributed by atoms with van der Waals surface area (Å²) in [6, 6.07) is 113. The molecule has 0 amide bonds. The van der Waals surface area contributed by atoms with E-state index in [-0.39, 0.29) is 18.8 Å². The number of rotatable bonds is 11.